The molecule has 2 aromatic rings. The van der Waals surface area contributed by atoms with Crippen LogP contribution in [-0.4, -0.2) is 40.2 Å². The third kappa shape index (κ3) is 6.37. The number of ether oxygens (including phenoxy) is 2. The Hall–Kier alpha value is -2.20. The number of hydrogen-bond acceptors (Lipinski definition) is 7. The highest BCUT2D eigenvalue weighted by molar-refractivity contribution is 8.24. The van der Waals surface area contributed by atoms with Crippen LogP contribution >= 0.6 is 22.4 Å². The molecule has 1 heterocycles. The van der Waals surface area contributed by atoms with E-state index in [-0.39, 0.29) is 16.9 Å². The molecule has 0 saturated heterocycles. The van der Waals surface area contributed by atoms with Crippen LogP contribution in [0.5, 0.6) is 5.75 Å². The number of fused-ring (bicyclic) bond motifs is 1. The average Bonchev–Trinajstić information content (AvgIpc) is 2.98. The maximum atomic E-state index is 14.1. The van der Waals surface area contributed by atoms with Crippen LogP contribution in [0.1, 0.15) is 46.5 Å². The molecule has 0 aromatic heterocycles. The van der Waals surface area contributed by atoms with Crippen molar-refractivity contribution in [1.29, 1.82) is 0 Å². The summed E-state index contributed by atoms with van der Waals surface area (Å²) in [7, 11) is -2.13. The van der Waals surface area contributed by atoms with Crippen molar-refractivity contribution in [3.63, 3.8) is 0 Å². The molecule has 1 unspecified atom stereocenters. The van der Waals surface area contributed by atoms with Crippen molar-refractivity contribution in [3.05, 3.63) is 54.6 Å². The summed E-state index contributed by atoms with van der Waals surface area (Å²) in [5.74, 6) is -1.11. The molecule has 2 aromatic carbocycles. The van der Waals surface area contributed by atoms with Gasteiger partial charge in [0.1, 0.15) is 12.0 Å². The second-order valence-electron chi connectivity index (χ2n) is 8.96. The Morgan fingerprint density at radius 1 is 1.22 bits per heavy atom. The van der Waals surface area contributed by atoms with E-state index in [1.807, 2.05) is 43.3 Å². The average molecular weight is 538 g/mol. The second-order valence-corrected chi connectivity index (χ2v) is 12.3. The van der Waals surface area contributed by atoms with Gasteiger partial charge < -0.3 is 14.4 Å². The van der Waals surface area contributed by atoms with Crippen molar-refractivity contribution in [3.8, 4) is 5.75 Å². The Labute approximate surface area is 219 Å². The van der Waals surface area contributed by atoms with Gasteiger partial charge in [-0.3, -0.25) is 9.11 Å². The molecule has 0 aliphatic carbocycles. The van der Waals surface area contributed by atoms with Gasteiger partial charge >= 0.3 is 5.97 Å². The lowest BCUT2D eigenvalue weighted by Crippen LogP contribution is -2.37. The molecular formula is C27H36FNO5S2. The van der Waals surface area contributed by atoms with E-state index in [9.17, 15) is 18.3 Å². The Kier molecular flexibility index (Phi) is 9.74. The standard InChI is InChI=1S/C27H36FNO5S2/c1-5-8-14-27(6-2)18-29(20-12-10-9-11-13-20)22-15-24(35-7-3)23(16-25(22)36(31,32)19-27)34-17-21(28)26(30)33-4/h9-13,15-17,31-32H,5-8,14,18-19H2,1-4H3/b21-17-. The van der Waals surface area contributed by atoms with E-state index in [0.717, 1.165) is 44.2 Å². The van der Waals surface area contributed by atoms with Gasteiger partial charge in [-0.2, -0.15) is 15.0 Å². The molecule has 3 rings (SSSR count). The van der Waals surface area contributed by atoms with Gasteiger partial charge in [-0.05, 0) is 36.8 Å². The Bertz CT molecular complexity index is 1080. The number of para-hydroxylation sites is 1. The van der Waals surface area contributed by atoms with Gasteiger partial charge in [0, 0.05) is 29.5 Å². The molecule has 9 heteroatoms. The molecule has 0 spiro atoms. The summed E-state index contributed by atoms with van der Waals surface area (Å²) in [4.78, 5) is 14.7. The zero-order valence-corrected chi connectivity index (χ0v) is 23.0. The minimum Gasteiger partial charge on any atom is -0.464 e. The summed E-state index contributed by atoms with van der Waals surface area (Å²) in [5, 5.41) is 0. The summed E-state index contributed by atoms with van der Waals surface area (Å²) in [6, 6.07) is 13.4. The molecule has 2 N–H and O–H groups in total. The van der Waals surface area contributed by atoms with Gasteiger partial charge in [0.15, 0.2) is 0 Å². The summed E-state index contributed by atoms with van der Waals surface area (Å²) in [5.41, 5.74) is 1.36. The molecule has 0 radical (unpaired) electrons. The summed E-state index contributed by atoms with van der Waals surface area (Å²) >= 11 is 1.49. The monoisotopic (exact) mass is 537 g/mol. The number of anilines is 2. The second kappa shape index (κ2) is 12.4. The third-order valence-corrected chi connectivity index (χ3v) is 9.48. The van der Waals surface area contributed by atoms with Crippen molar-refractivity contribution < 1.29 is 27.8 Å². The van der Waals surface area contributed by atoms with Crippen molar-refractivity contribution in [1.82, 2.24) is 0 Å². The van der Waals surface area contributed by atoms with Gasteiger partial charge in [0.25, 0.3) is 0 Å². The number of hydrogen-bond donors (Lipinski definition) is 2. The van der Waals surface area contributed by atoms with Gasteiger partial charge in [-0.1, -0.05) is 51.8 Å². The number of rotatable bonds is 10. The molecule has 1 atom stereocenters. The minimum absolute atomic E-state index is 0.235. The van der Waals surface area contributed by atoms with Gasteiger partial charge in [-0.15, -0.1) is 11.8 Å². The van der Waals surface area contributed by atoms with Crippen LogP contribution in [0.2, 0.25) is 0 Å². The summed E-state index contributed by atoms with van der Waals surface area (Å²) in [6.07, 6.45) is 4.38. The predicted molar refractivity (Wildman–Crippen MR) is 146 cm³/mol. The molecule has 0 amide bonds. The zero-order valence-electron chi connectivity index (χ0n) is 21.3. The van der Waals surface area contributed by atoms with E-state index >= 15 is 0 Å². The fourth-order valence-electron chi connectivity index (χ4n) is 4.53. The number of methoxy groups -OCH3 is 1. The number of esters is 1. The fraction of sp³-hybridized carbons (Fsp3) is 0.444. The fourth-order valence-corrected chi connectivity index (χ4v) is 7.53. The summed E-state index contributed by atoms with van der Waals surface area (Å²) < 4.78 is 47.2. The Morgan fingerprint density at radius 2 is 1.94 bits per heavy atom. The van der Waals surface area contributed by atoms with E-state index in [2.05, 4.69) is 23.5 Å². The van der Waals surface area contributed by atoms with Crippen molar-refractivity contribution in [2.24, 2.45) is 5.41 Å². The summed E-state index contributed by atoms with van der Waals surface area (Å²) in [6.45, 7) is 6.88. The number of carbonyl (C=O) groups excluding carboxylic acids is 1. The maximum Gasteiger partial charge on any atom is 0.370 e. The van der Waals surface area contributed by atoms with E-state index in [1.54, 1.807) is 6.07 Å². The SMILES string of the molecule is CCCCC1(CC)CN(c2ccccc2)c2cc(SCC)c(O/C=C(\F)C(=O)OC)cc2S(O)(O)C1. The van der Waals surface area contributed by atoms with Crippen molar-refractivity contribution in [2.45, 2.75) is 56.2 Å². The van der Waals surface area contributed by atoms with Crippen LogP contribution in [0.3, 0.4) is 0 Å². The largest absolute Gasteiger partial charge is 0.464 e. The van der Waals surface area contributed by atoms with Crippen LogP contribution in [-0.2, 0) is 9.53 Å². The molecule has 0 bridgehead atoms. The first-order chi connectivity index (χ1) is 17.2. The van der Waals surface area contributed by atoms with Crippen molar-refractivity contribution in [2.75, 3.05) is 30.1 Å². The van der Waals surface area contributed by atoms with Crippen molar-refractivity contribution >= 4 is 39.7 Å². The van der Waals surface area contributed by atoms with Crippen LogP contribution in [0.25, 0.3) is 0 Å². The maximum absolute atomic E-state index is 14.1. The Balaban J connectivity index is 2.21. The molecule has 198 valence electrons. The topological polar surface area (TPSA) is 79.2 Å². The number of unbranched alkanes of at least 4 members (excludes halogenated alkanes) is 1. The van der Waals surface area contributed by atoms with E-state index < -0.39 is 22.4 Å². The number of benzene rings is 2. The number of halogens is 1. The van der Waals surface area contributed by atoms with Crippen LogP contribution in [0.4, 0.5) is 15.8 Å². The molecular weight excluding hydrogens is 501 g/mol. The van der Waals surface area contributed by atoms with E-state index in [1.165, 1.54) is 11.8 Å². The molecule has 1 aliphatic rings. The van der Waals surface area contributed by atoms with E-state index in [4.69, 9.17) is 4.74 Å². The quantitative estimate of drug-likeness (QED) is 0.137. The van der Waals surface area contributed by atoms with Crippen LogP contribution in [0.15, 0.2) is 64.3 Å². The first kappa shape index (κ1) is 28.4. The molecule has 0 saturated carbocycles. The normalized spacial score (nSPS) is 20.3. The zero-order chi connectivity index (χ0) is 26.3. The molecule has 6 nitrogen and oxygen atoms in total. The first-order valence-electron chi connectivity index (χ1n) is 12.2. The van der Waals surface area contributed by atoms with Crippen LogP contribution < -0.4 is 9.64 Å². The highest BCUT2D eigenvalue weighted by Crippen LogP contribution is 2.62. The highest BCUT2D eigenvalue weighted by Gasteiger charge is 2.42. The Morgan fingerprint density at radius 3 is 2.56 bits per heavy atom. The van der Waals surface area contributed by atoms with Gasteiger partial charge in [-0.25, -0.2) is 4.79 Å². The number of nitrogens with zero attached hydrogens (tertiary/aromatic N) is 1. The lowest BCUT2D eigenvalue weighted by atomic mass is 9.81. The highest BCUT2D eigenvalue weighted by atomic mass is 32.3. The first-order valence-corrected chi connectivity index (χ1v) is 14.9. The van der Waals surface area contributed by atoms with E-state index in [0.29, 0.717) is 28.3 Å². The predicted octanol–water partition coefficient (Wildman–Crippen LogP) is 8.01. The van der Waals surface area contributed by atoms with Gasteiger partial charge in [0.05, 0.1) is 22.6 Å². The lowest BCUT2D eigenvalue weighted by Gasteiger charge is -2.41. The number of carbonyl (C=O) groups is 1. The van der Waals surface area contributed by atoms with Gasteiger partial charge in [0.2, 0.25) is 5.83 Å². The molecule has 0 fully saturated rings. The minimum atomic E-state index is -3.22. The molecule has 1 aliphatic heterocycles. The number of thioether (sulfide) groups is 1. The molecule has 36 heavy (non-hydrogen) atoms. The third-order valence-electron chi connectivity index (χ3n) is 6.52. The van der Waals surface area contributed by atoms with Crippen LogP contribution in [0, 0.1) is 5.41 Å². The smallest absolute Gasteiger partial charge is 0.370 e. The lowest BCUT2D eigenvalue weighted by molar-refractivity contribution is -0.137.